The minimum absolute atomic E-state index is 0. The summed E-state index contributed by atoms with van der Waals surface area (Å²) in [6, 6.07) is 0. The molecule has 1 aliphatic carbocycles. The van der Waals surface area contributed by atoms with E-state index in [9.17, 15) is 0 Å². The van der Waals surface area contributed by atoms with Crippen molar-refractivity contribution in [1.29, 1.82) is 0 Å². The van der Waals surface area contributed by atoms with Crippen LogP contribution in [0.25, 0.3) is 0 Å². The van der Waals surface area contributed by atoms with E-state index in [1.54, 1.807) is 0 Å². The van der Waals surface area contributed by atoms with Crippen molar-refractivity contribution in [3.63, 3.8) is 0 Å². The number of allylic oxidation sites excluding steroid dienone is 2. The Morgan fingerprint density at radius 2 is 1.80 bits per heavy atom. The first-order valence-corrected chi connectivity index (χ1v) is 1.55. The first-order valence-electron chi connectivity index (χ1n) is 1.55. The van der Waals surface area contributed by atoms with Crippen LogP contribution in [0.5, 0.6) is 0 Å². The van der Waals surface area contributed by atoms with Crippen LogP contribution in [0.15, 0.2) is 6.08 Å². The van der Waals surface area contributed by atoms with E-state index in [0.717, 1.165) is 0 Å². The average Bonchev–Trinajstić information content (AvgIpc) is 0.722. The fourth-order valence-corrected chi connectivity index (χ4v) is 0.144. The van der Waals surface area contributed by atoms with Gasteiger partial charge in [-0.3, -0.25) is 0 Å². The summed E-state index contributed by atoms with van der Waals surface area (Å²) >= 11 is 0. The topological polar surface area (TPSA) is 0 Å². The maximum absolute atomic E-state index is 2.99. The van der Waals surface area contributed by atoms with Crippen LogP contribution >= 0.6 is 0 Å². The predicted octanol–water partition coefficient (Wildman–Crippen LogP) is 0.491. The van der Waals surface area contributed by atoms with Gasteiger partial charge in [0, 0.05) is 0 Å². The minimum atomic E-state index is 0. The molecule has 0 amide bonds. The van der Waals surface area contributed by atoms with E-state index in [1.807, 2.05) is 0 Å². The molecule has 0 bridgehead atoms. The van der Waals surface area contributed by atoms with Gasteiger partial charge in [0.05, 0.1) is 0 Å². The van der Waals surface area contributed by atoms with Crippen molar-refractivity contribution >= 4 is 18.9 Å². The molecule has 0 aromatic rings. The third kappa shape index (κ3) is 1.26. The van der Waals surface area contributed by atoms with Gasteiger partial charge in [-0.05, 0) is 18.9 Å². The van der Waals surface area contributed by atoms with Crippen LogP contribution in [-0.4, -0.2) is 18.9 Å². The first-order chi connectivity index (χ1) is 2.00. The molecule has 1 aliphatic rings. The summed E-state index contributed by atoms with van der Waals surface area (Å²) in [5, 5.41) is 0. The molecule has 0 saturated heterocycles. The SMILES string of the molecule is [C]1=CCC1.[LiH]. The molecule has 1 rings (SSSR count). The summed E-state index contributed by atoms with van der Waals surface area (Å²) in [5.74, 6) is 0. The van der Waals surface area contributed by atoms with Crippen molar-refractivity contribution in [3.05, 3.63) is 12.2 Å². The van der Waals surface area contributed by atoms with Gasteiger partial charge in [-0.15, -0.1) is 0 Å². The van der Waals surface area contributed by atoms with Crippen molar-refractivity contribution in [2.24, 2.45) is 0 Å². The molecule has 23 valence electrons. The molecule has 0 nitrogen and oxygen atoms in total. The molecule has 0 N–H and O–H groups in total. The Bertz CT molecular complexity index is 32.9. The second-order valence-corrected chi connectivity index (χ2v) is 0.947. The fourth-order valence-electron chi connectivity index (χ4n) is 0.144. The van der Waals surface area contributed by atoms with Crippen LogP contribution in [0, 0.1) is 6.08 Å². The average molecular weight is 61.0 g/mol. The molecule has 0 atom stereocenters. The Hall–Kier alpha value is 0.337. The molecule has 0 saturated carbocycles. The van der Waals surface area contributed by atoms with Gasteiger partial charge in [-0.1, -0.05) is 6.08 Å². The van der Waals surface area contributed by atoms with Crippen LogP contribution in [0.4, 0.5) is 0 Å². The van der Waals surface area contributed by atoms with Gasteiger partial charge in [-0.25, -0.2) is 0 Å². The summed E-state index contributed by atoms with van der Waals surface area (Å²) in [5.41, 5.74) is 0. The van der Waals surface area contributed by atoms with E-state index < -0.39 is 0 Å². The van der Waals surface area contributed by atoms with Crippen LogP contribution in [0.3, 0.4) is 0 Å². The van der Waals surface area contributed by atoms with Crippen molar-refractivity contribution in [3.8, 4) is 0 Å². The zero-order valence-electron chi connectivity index (χ0n) is 2.49. The van der Waals surface area contributed by atoms with Crippen molar-refractivity contribution in [2.75, 3.05) is 0 Å². The van der Waals surface area contributed by atoms with Crippen LogP contribution < -0.4 is 0 Å². The van der Waals surface area contributed by atoms with Crippen molar-refractivity contribution in [1.82, 2.24) is 0 Å². The quantitative estimate of drug-likeness (QED) is 0.357. The van der Waals surface area contributed by atoms with Crippen LogP contribution in [0.2, 0.25) is 0 Å². The Morgan fingerprint density at radius 1 is 1.60 bits per heavy atom. The molecule has 0 aromatic carbocycles. The molecule has 0 spiro atoms. The van der Waals surface area contributed by atoms with Crippen LogP contribution in [-0.2, 0) is 0 Å². The summed E-state index contributed by atoms with van der Waals surface area (Å²) in [4.78, 5) is 0. The van der Waals surface area contributed by atoms with Gasteiger partial charge >= 0.3 is 18.9 Å². The Labute approximate surface area is 44.4 Å². The molecular formula is C4H6Li. The van der Waals surface area contributed by atoms with E-state index in [1.165, 1.54) is 12.8 Å². The van der Waals surface area contributed by atoms with Crippen molar-refractivity contribution < 1.29 is 0 Å². The second kappa shape index (κ2) is 2.57. The van der Waals surface area contributed by atoms with Gasteiger partial charge in [0.15, 0.2) is 0 Å². The van der Waals surface area contributed by atoms with Crippen LogP contribution in [0.1, 0.15) is 12.8 Å². The second-order valence-electron chi connectivity index (χ2n) is 0.947. The van der Waals surface area contributed by atoms with E-state index in [4.69, 9.17) is 0 Å². The molecular weight excluding hydrogens is 55.0 g/mol. The molecule has 1 radical (unpaired) electrons. The monoisotopic (exact) mass is 61.1 g/mol. The van der Waals surface area contributed by atoms with Gasteiger partial charge in [0.2, 0.25) is 0 Å². The van der Waals surface area contributed by atoms with E-state index in [0.29, 0.717) is 0 Å². The zero-order chi connectivity index (χ0) is 2.83. The molecule has 0 heterocycles. The van der Waals surface area contributed by atoms with Gasteiger partial charge in [0.1, 0.15) is 0 Å². The summed E-state index contributed by atoms with van der Waals surface area (Å²) in [6.45, 7) is 0. The summed E-state index contributed by atoms with van der Waals surface area (Å²) in [6.07, 6.45) is 7.50. The molecule has 1 heteroatoms. The zero-order valence-corrected chi connectivity index (χ0v) is 2.49. The molecule has 5 heavy (non-hydrogen) atoms. The predicted molar refractivity (Wildman–Crippen MR) is 24.2 cm³/mol. The summed E-state index contributed by atoms with van der Waals surface area (Å²) < 4.78 is 0. The summed E-state index contributed by atoms with van der Waals surface area (Å²) in [7, 11) is 0. The first kappa shape index (κ1) is 5.34. The third-order valence-electron chi connectivity index (χ3n) is 0.577. The molecule has 0 aromatic heterocycles. The van der Waals surface area contributed by atoms with Gasteiger partial charge in [-0.2, -0.15) is 0 Å². The van der Waals surface area contributed by atoms with Gasteiger partial charge < -0.3 is 0 Å². The normalized spacial score (nSPS) is 16.0. The van der Waals surface area contributed by atoms with E-state index in [-0.39, 0.29) is 18.9 Å². The van der Waals surface area contributed by atoms with Gasteiger partial charge in [0.25, 0.3) is 0 Å². The number of hydrogen-bond donors (Lipinski definition) is 0. The Morgan fingerprint density at radius 3 is 1.80 bits per heavy atom. The van der Waals surface area contributed by atoms with Crippen molar-refractivity contribution in [2.45, 2.75) is 12.8 Å². The molecule has 0 unspecified atom stereocenters. The molecule has 0 fully saturated rings. The fraction of sp³-hybridized carbons (Fsp3) is 0.500. The number of rotatable bonds is 0. The third-order valence-corrected chi connectivity index (χ3v) is 0.577. The standard InChI is InChI=1S/C4H5.Li.H/c1-2-4-3-1;;/h1H,2,4H2;;. The maximum atomic E-state index is 2.99. The van der Waals surface area contributed by atoms with E-state index >= 15 is 0 Å². The Balaban J connectivity index is 0.000000160. The Kier molecular flexibility index (Phi) is 2.74. The number of hydrogen-bond acceptors (Lipinski definition) is 0. The van der Waals surface area contributed by atoms with E-state index in [2.05, 4.69) is 12.2 Å². The molecule has 0 aliphatic heterocycles.